The van der Waals surface area contributed by atoms with E-state index in [0.717, 1.165) is 57.6 Å². The lowest BCUT2D eigenvalue weighted by Gasteiger charge is -2.42. The average molecular weight is 760 g/mol. The van der Waals surface area contributed by atoms with Crippen molar-refractivity contribution < 1.29 is 36.7 Å². The van der Waals surface area contributed by atoms with Gasteiger partial charge in [0, 0.05) is 61.9 Å². The smallest absolute Gasteiger partial charge is 0.378 e. The molecule has 3 aromatic carbocycles. The molecule has 288 valence electrons. The number of carbonyl (C=O) groups excluding carboxylic acids is 3. The molecule has 2 saturated heterocycles. The summed E-state index contributed by atoms with van der Waals surface area (Å²) in [5.41, 5.74) is 0.963. The number of rotatable bonds is 11. The van der Waals surface area contributed by atoms with E-state index < -0.39 is 41.3 Å². The Balaban J connectivity index is 1.22. The number of anilines is 1. The van der Waals surface area contributed by atoms with E-state index in [-0.39, 0.29) is 24.6 Å². The molecule has 4 aromatic rings. The highest BCUT2D eigenvalue weighted by atomic mass is 19.4. The number of para-hydroxylation sites is 1. The summed E-state index contributed by atoms with van der Waals surface area (Å²) in [7, 11) is 0. The van der Waals surface area contributed by atoms with Gasteiger partial charge in [-0.05, 0) is 55.0 Å². The van der Waals surface area contributed by atoms with Gasteiger partial charge in [-0.25, -0.2) is 9.07 Å². The molecule has 1 aromatic heterocycles. The topological polar surface area (TPSA) is 112 Å². The predicted octanol–water partition coefficient (Wildman–Crippen LogP) is 4.52. The fourth-order valence-corrected chi connectivity index (χ4v) is 7.40. The van der Waals surface area contributed by atoms with Crippen LogP contribution in [0.15, 0.2) is 91.0 Å². The first-order valence-electron chi connectivity index (χ1n) is 18.1. The van der Waals surface area contributed by atoms with Crippen molar-refractivity contribution in [3.8, 4) is 5.69 Å². The second-order valence-corrected chi connectivity index (χ2v) is 13.9. The number of amides is 3. The van der Waals surface area contributed by atoms with Gasteiger partial charge in [-0.3, -0.25) is 29.1 Å². The van der Waals surface area contributed by atoms with E-state index in [0.29, 0.717) is 46.5 Å². The summed E-state index contributed by atoms with van der Waals surface area (Å²) in [4.78, 5) is 47.8. The van der Waals surface area contributed by atoms with Gasteiger partial charge in [-0.2, -0.15) is 18.3 Å². The van der Waals surface area contributed by atoms with Crippen molar-refractivity contribution in [1.82, 2.24) is 30.2 Å². The number of likely N-dealkylation sites (N-methyl/N-ethyl adjacent to an activating group) is 1. The van der Waals surface area contributed by atoms with E-state index in [4.69, 9.17) is 9.84 Å². The predicted molar refractivity (Wildman–Crippen MR) is 196 cm³/mol. The number of hydrogen-bond donors (Lipinski definition) is 2. The molecule has 0 spiro atoms. The number of nitrogens with zero attached hydrogens (tertiary/aromatic N) is 5. The number of fused-ring (bicyclic) bond motifs is 1. The van der Waals surface area contributed by atoms with E-state index in [2.05, 4.69) is 27.0 Å². The first kappa shape index (κ1) is 37.9. The zero-order valence-electron chi connectivity index (χ0n) is 30.2. The number of hydrogen-bond acceptors (Lipinski definition) is 7. The van der Waals surface area contributed by atoms with Crippen molar-refractivity contribution in [2.24, 2.45) is 0 Å². The molecule has 55 heavy (non-hydrogen) atoms. The Labute approximate surface area is 315 Å². The summed E-state index contributed by atoms with van der Waals surface area (Å²) in [6, 6.07) is 17.5. The van der Waals surface area contributed by atoms with Gasteiger partial charge in [0.2, 0.25) is 5.91 Å². The third kappa shape index (κ3) is 7.90. The molecule has 2 fully saturated rings. The van der Waals surface area contributed by atoms with Gasteiger partial charge in [-0.1, -0.05) is 43.0 Å². The minimum Gasteiger partial charge on any atom is -0.378 e. The number of aromatic nitrogens is 2. The standard InChI is InChI=1S/C40H41F4N7O4/c1-3-50-38-34(33(26-12-14-29(41)15-13-26)35(39(50)54)46-37(53)27-8-7-9-28(20-27)40(42,43)44)32(47-51(38)30-10-5-4-6-11-30)21-45-36(52)25(2)22-48-16-18-49(19-17-48)31-23-55-24-31/h4-15,20,31,33,35H,2-3,16-19,21-24H2,1H3,(H,45,52)(H,46,53)/t33-,35+/m1/s1. The molecule has 2 atom stereocenters. The molecule has 15 heteroatoms. The SMILES string of the molecule is C=C(CN1CCN(C2COC2)CC1)C(=O)NCc1nn(-c2ccccc2)c2c1[C@@H](c1ccc(F)cc1)[C@H](NC(=O)c1cccc(C(F)(F)F)c1)C(=O)N2CC. The summed E-state index contributed by atoms with van der Waals surface area (Å²) >= 11 is 0. The van der Waals surface area contributed by atoms with Crippen LogP contribution in [0.3, 0.4) is 0 Å². The van der Waals surface area contributed by atoms with Crippen LogP contribution in [0.4, 0.5) is 23.4 Å². The molecule has 3 aliphatic heterocycles. The minimum absolute atomic E-state index is 0.0901. The second kappa shape index (κ2) is 15.8. The third-order valence-corrected chi connectivity index (χ3v) is 10.4. The molecule has 0 radical (unpaired) electrons. The van der Waals surface area contributed by atoms with Gasteiger partial charge in [0.15, 0.2) is 0 Å². The van der Waals surface area contributed by atoms with E-state index in [1.54, 1.807) is 11.6 Å². The fourth-order valence-electron chi connectivity index (χ4n) is 7.40. The van der Waals surface area contributed by atoms with Crippen LogP contribution >= 0.6 is 0 Å². The number of nitrogens with one attached hydrogen (secondary N) is 2. The Morgan fingerprint density at radius 3 is 2.31 bits per heavy atom. The highest BCUT2D eigenvalue weighted by Crippen LogP contribution is 2.44. The summed E-state index contributed by atoms with van der Waals surface area (Å²) in [6.07, 6.45) is -4.70. The van der Waals surface area contributed by atoms with Crippen LogP contribution in [0.5, 0.6) is 0 Å². The Bertz CT molecular complexity index is 2060. The van der Waals surface area contributed by atoms with Crippen molar-refractivity contribution in [3.05, 3.63) is 125 Å². The Morgan fingerprint density at radius 1 is 0.964 bits per heavy atom. The molecule has 11 nitrogen and oxygen atoms in total. The van der Waals surface area contributed by atoms with E-state index in [9.17, 15) is 31.9 Å². The van der Waals surface area contributed by atoms with E-state index >= 15 is 0 Å². The normalized spacial score (nSPS) is 19.4. The number of benzene rings is 3. The molecule has 4 heterocycles. The first-order valence-corrected chi connectivity index (χ1v) is 18.1. The van der Waals surface area contributed by atoms with Crippen molar-refractivity contribution in [1.29, 1.82) is 0 Å². The zero-order chi connectivity index (χ0) is 38.9. The number of carbonyl (C=O) groups is 3. The zero-order valence-corrected chi connectivity index (χ0v) is 30.2. The number of ether oxygens (including phenoxy) is 1. The summed E-state index contributed by atoms with van der Waals surface area (Å²) in [5, 5.41) is 10.6. The highest BCUT2D eigenvalue weighted by molar-refractivity contribution is 6.05. The van der Waals surface area contributed by atoms with Crippen LogP contribution in [-0.2, 0) is 27.0 Å². The lowest BCUT2D eigenvalue weighted by Crippen LogP contribution is -2.56. The van der Waals surface area contributed by atoms with Gasteiger partial charge in [0.1, 0.15) is 17.7 Å². The molecule has 0 unspecified atom stereocenters. The van der Waals surface area contributed by atoms with Crippen molar-refractivity contribution >= 4 is 23.5 Å². The molecular weight excluding hydrogens is 718 g/mol. The van der Waals surface area contributed by atoms with Crippen LogP contribution in [0.1, 0.15) is 45.6 Å². The highest BCUT2D eigenvalue weighted by Gasteiger charge is 2.46. The average Bonchev–Trinajstić information content (AvgIpc) is 3.53. The quantitative estimate of drug-likeness (QED) is 0.171. The van der Waals surface area contributed by atoms with Crippen LogP contribution < -0.4 is 15.5 Å². The monoisotopic (exact) mass is 759 g/mol. The fraction of sp³-hybridized carbons (Fsp3) is 0.350. The van der Waals surface area contributed by atoms with E-state index in [1.165, 1.54) is 35.2 Å². The molecule has 2 N–H and O–H groups in total. The van der Waals surface area contributed by atoms with Crippen LogP contribution in [0.25, 0.3) is 5.69 Å². The molecular formula is C40H41F4N7O4. The largest absolute Gasteiger partial charge is 0.416 e. The van der Waals surface area contributed by atoms with Gasteiger partial charge in [0.25, 0.3) is 11.8 Å². The Morgan fingerprint density at radius 2 is 1.67 bits per heavy atom. The van der Waals surface area contributed by atoms with Gasteiger partial charge in [0.05, 0.1) is 42.7 Å². The first-order chi connectivity index (χ1) is 26.4. The summed E-state index contributed by atoms with van der Waals surface area (Å²) in [5.74, 6) is -2.96. The van der Waals surface area contributed by atoms with Crippen molar-refractivity contribution in [3.63, 3.8) is 0 Å². The molecule has 0 saturated carbocycles. The molecule has 0 aliphatic carbocycles. The molecule has 7 rings (SSSR count). The number of piperazine rings is 1. The van der Waals surface area contributed by atoms with Gasteiger partial charge < -0.3 is 15.4 Å². The summed E-state index contributed by atoms with van der Waals surface area (Å²) < 4.78 is 62.0. The van der Waals surface area contributed by atoms with Crippen molar-refractivity contribution in [2.75, 3.05) is 57.4 Å². The lowest BCUT2D eigenvalue weighted by atomic mass is 9.80. The second-order valence-electron chi connectivity index (χ2n) is 13.9. The van der Waals surface area contributed by atoms with Crippen LogP contribution in [0.2, 0.25) is 0 Å². The van der Waals surface area contributed by atoms with E-state index in [1.807, 2.05) is 30.3 Å². The number of alkyl halides is 3. The van der Waals surface area contributed by atoms with Gasteiger partial charge >= 0.3 is 6.18 Å². The van der Waals surface area contributed by atoms with Crippen molar-refractivity contribution in [2.45, 2.75) is 37.6 Å². The molecule has 0 bridgehead atoms. The van der Waals surface area contributed by atoms with Gasteiger partial charge in [-0.15, -0.1) is 0 Å². The maximum absolute atomic E-state index is 14.5. The summed E-state index contributed by atoms with van der Waals surface area (Å²) in [6.45, 7) is 11.0. The minimum atomic E-state index is -4.70. The molecule has 3 aliphatic rings. The lowest BCUT2D eigenvalue weighted by molar-refractivity contribution is -0.137. The maximum Gasteiger partial charge on any atom is 0.416 e. The Hall–Kier alpha value is -5.38. The maximum atomic E-state index is 14.5. The molecule has 3 amide bonds. The number of halogens is 4. The Kier molecular flexibility index (Phi) is 10.9. The third-order valence-electron chi connectivity index (χ3n) is 10.4. The van der Waals surface area contributed by atoms with Crippen LogP contribution in [0, 0.1) is 5.82 Å². The van der Waals surface area contributed by atoms with Crippen LogP contribution in [-0.4, -0.2) is 102 Å².